The van der Waals surface area contributed by atoms with E-state index >= 15 is 0 Å². The van der Waals surface area contributed by atoms with Gasteiger partial charge in [0.1, 0.15) is 5.58 Å². The normalized spacial score (nSPS) is 15.0. The zero-order valence-corrected chi connectivity index (χ0v) is 17.2. The van der Waals surface area contributed by atoms with Crippen LogP contribution in [0, 0.1) is 0 Å². The Morgan fingerprint density at radius 2 is 1.83 bits per heavy atom. The Kier molecular flexibility index (Phi) is 6.37. The zero-order valence-electron chi connectivity index (χ0n) is 16.4. The van der Waals surface area contributed by atoms with Crippen LogP contribution in [0.2, 0.25) is 5.02 Å². The van der Waals surface area contributed by atoms with Crippen LogP contribution in [0.15, 0.2) is 59.0 Å². The molecule has 0 spiro atoms. The lowest BCUT2D eigenvalue weighted by Gasteiger charge is -2.36. The minimum Gasteiger partial charge on any atom is -0.451 e. The second-order valence-electron chi connectivity index (χ2n) is 7.42. The Balaban J connectivity index is 1.14. The summed E-state index contributed by atoms with van der Waals surface area (Å²) < 4.78 is 5.60. The Hall–Kier alpha value is -2.50. The summed E-state index contributed by atoms with van der Waals surface area (Å²) in [6.07, 6.45) is 2.03. The number of para-hydroxylation sites is 1. The molecular weight excluding hydrogens is 386 g/mol. The molecule has 1 aliphatic heterocycles. The fourth-order valence-electron chi connectivity index (χ4n) is 3.75. The summed E-state index contributed by atoms with van der Waals surface area (Å²) in [5.74, 6) is 0.236. The van der Waals surface area contributed by atoms with Gasteiger partial charge in [-0.2, -0.15) is 0 Å². The molecule has 2 aromatic carbocycles. The number of unbranched alkanes of at least 4 members (excludes halogenated alkanes) is 1. The molecule has 2 heterocycles. The minimum absolute atomic E-state index is 0.142. The minimum atomic E-state index is -0.142. The third-order valence-electron chi connectivity index (χ3n) is 5.38. The molecule has 4 rings (SSSR count). The van der Waals surface area contributed by atoms with Crippen molar-refractivity contribution in [3.8, 4) is 0 Å². The first kappa shape index (κ1) is 19.8. The molecule has 1 saturated heterocycles. The van der Waals surface area contributed by atoms with Gasteiger partial charge in [0.15, 0.2) is 5.76 Å². The summed E-state index contributed by atoms with van der Waals surface area (Å²) >= 11 is 6.10. The van der Waals surface area contributed by atoms with Crippen LogP contribution in [-0.2, 0) is 0 Å². The maximum Gasteiger partial charge on any atom is 0.287 e. The molecule has 3 aromatic rings. The van der Waals surface area contributed by atoms with Gasteiger partial charge in [-0.15, -0.1) is 0 Å². The number of piperazine rings is 1. The van der Waals surface area contributed by atoms with Crippen molar-refractivity contribution < 1.29 is 9.21 Å². The number of nitrogens with zero attached hydrogens (tertiary/aromatic N) is 2. The van der Waals surface area contributed by atoms with E-state index in [9.17, 15) is 4.79 Å². The summed E-state index contributed by atoms with van der Waals surface area (Å²) in [5.41, 5.74) is 1.94. The van der Waals surface area contributed by atoms with Crippen molar-refractivity contribution in [3.05, 3.63) is 65.4 Å². The smallest absolute Gasteiger partial charge is 0.287 e. The van der Waals surface area contributed by atoms with E-state index in [-0.39, 0.29) is 5.91 Å². The maximum atomic E-state index is 12.2. The van der Waals surface area contributed by atoms with Gasteiger partial charge in [-0.05, 0) is 49.7 Å². The Morgan fingerprint density at radius 3 is 2.62 bits per heavy atom. The quantitative estimate of drug-likeness (QED) is 0.585. The number of fused-ring (bicyclic) bond motifs is 1. The second-order valence-corrected chi connectivity index (χ2v) is 7.86. The molecule has 0 saturated carbocycles. The molecule has 152 valence electrons. The molecular formula is C23H26ClN3O2. The molecule has 0 radical (unpaired) electrons. The van der Waals surface area contributed by atoms with E-state index in [1.807, 2.05) is 42.5 Å². The van der Waals surface area contributed by atoms with Crippen molar-refractivity contribution in [1.29, 1.82) is 0 Å². The van der Waals surface area contributed by atoms with Crippen molar-refractivity contribution >= 4 is 34.2 Å². The number of nitrogens with one attached hydrogen (secondary N) is 1. The highest BCUT2D eigenvalue weighted by atomic mass is 35.5. The average molecular weight is 412 g/mol. The average Bonchev–Trinajstić information content (AvgIpc) is 3.18. The highest BCUT2D eigenvalue weighted by Gasteiger charge is 2.17. The first-order chi connectivity index (χ1) is 14.2. The molecule has 6 heteroatoms. The molecule has 0 unspecified atom stereocenters. The predicted molar refractivity (Wildman–Crippen MR) is 118 cm³/mol. The lowest BCUT2D eigenvalue weighted by atomic mass is 10.2. The van der Waals surface area contributed by atoms with Crippen LogP contribution < -0.4 is 10.2 Å². The number of amides is 1. The predicted octanol–water partition coefficient (Wildman–Crippen LogP) is 4.42. The molecule has 29 heavy (non-hydrogen) atoms. The Labute approximate surface area is 176 Å². The fourth-order valence-corrected chi connectivity index (χ4v) is 3.93. The van der Waals surface area contributed by atoms with Crippen LogP contribution in [0.4, 0.5) is 5.69 Å². The summed E-state index contributed by atoms with van der Waals surface area (Å²) in [6.45, 7) is 5.87. The highest BCUT2D eigenvalue weighted by Crippen LogP contribution is 2.21. The molecule has 5 nitrogen and oxygen atoms in total. The van der Waals surface area contributed by atoms with Crippen molar-refractivity contribution in [2.45, 2.75) is 12.8 Å². The van der Waals surface area contributed by atoms with E-state index in [1.165, 1.54) is 5.69 Å². The number of carbonyl (C=O) groups is 1. The molecule has 0 aliphatic carbocycles. The van der Waals surface area contributed by atoms with Crippen LogP contribution in [0.5, 0.6) is 0 Å². The number of hydrogen-bond donors (Lipinski definition) is 1. The summed E-state index contributed by atoms with van der Waals surface area (Å²) in [7, 11) is 0. The molecule has 1 aliphatic rings. The van der Waals surface area contributed by atoms with Gasteiger partial charge in [-0.1, -0.05) is 35.9 Å². The van der Waals surface area contributed by atoms with Crippen LogP contribution in [-0.4, -0.2) is 50.1 Å². The summed E-state index contributed by atoms with van der Waals surface area (Å²) in [6, 6.07) is 17.5. The number of carbonyl (C=O) groups excluding carboxylic acids is 1. The molecule has 1 N–H and O–H groups in total. The largest absolute Gasteiger partial charge is 0.451 e. The van der Waals surface area contributed by atoms with Gasteiger partial charge in [0.25, 0.3) is 5.91 Å². The van der Waals surface area contributed by atoms with Crippen LogP contribution in [0.3, 0.4) is 0 Å². The van der Waals surface area contributed by atoms with Gasteiger partial charge >= 0.3 is 0 Å². The molecule has 1 fully saturated rings. The number of halogens is 1. The maximum absolute atomic E-state index is 12.2. The SMILES string of the molecule is O=C(NCCCCN1CCN(c2cccc(Cl)c2)CC1)c1cc2ccccc2o1. The van der Waals surface area contributed by atoms with Gasteiger partial charge in [0.2, 0.25) is 0 Å². The van der Waals surface area contributed by atoms with E-state index in [0.29, 0.717) is 12.3 Å². The first-order valence-corrected chi connectivity index (χ1v) is 10.6. The monoisotopic (exact) mass is 411 g/mol. The third-order valence-corrected chi connectivity index (χ3v) is 5.62. The molecule has 0 bridgehead atoms. The van der Waals surface area contributed by atoms with E-state index < -0.39 is 0 Å². The molecule has 0 atom stereocenters. The molecule has 1 amide bonds. The summed E-state index contributed by atoms with van der Waals surface area (Å²) in [4.78, 5) is 17.1. The fraction of sp³-hybridized carbons (Fsp3) is 0.348. The van der Waals surface area contributed by atoms with Crippen molar-refractivity contribution in [2.75, 3.05) is 44.2 Å². The highest BCUT2D eigenvalue weighted by molar-refractivity contribution is 6.30. The topological polar surface area (TPSA) is 48.7 Å². The van der Waals surface area contributed by atoms with Gasteiger partial charge in [-0.3, -0.25) is 9.69 Å². The number of hydrogen-bond acceptors (Lipinski definition) is 4. The standard InChI is InChI=1S/C23H26ClN3O2/c24-19-7-5-8-20(17-19)27-14-12-26(13-15-27)11-4-3-10-25-23(28)22-16-18-6-1-2-9-21(18)29-22/h1-2,5-9,16-17H,3-4,10-15H2,(H,25,28). The van der Waals surface area contributed by atoms with Crippen LogP contribution in [0.1, 0.15) is 23.4 Å². The van der Waals surface area contributed by atoms with Crippen molar-refractivity contribution in [1.82, 2.24) is 10.2 Å². The second kappa shape index (κ2) is 9.33. The first-order valence-electron chi connectivity index (χ1n) is 10.2. The van der Waals surface area contributed by atoms with E-state index in [0.717, 1.165) is 61.6 Å². The lowest BCUT2D eigenvalue weighted by Crippen LogP contribution is -2.46. The number of furan rings is 1. The number of anilines is 1. The summed E-state index contributed by atoms with van der Waals surface area (Å²) in [5, 5.41) is 4.70. The van der Waals surface area contributed by atoms with E-state index in [4.69, 9.17) is 16.0 Å². The lowest BCUT2D eigenvalue weighted by molar-refractivity contribution is 0.0927. The van der Waals surface area contributed by atoms with Gasteiger partial charge in [0.05, 0.1) is 0 Å². The van der Waals surface area contributed by atoms with E-state index in [2.05, 4.69) is 21.2 Å². The molecule has 1 aromatic heterocycles. The Bertz CT molecular complexity index is 930. The van der Waals surface area contributed by atoms with Gasteiger partial charge in [0, 0.05) is 48.8 Å². The van der Waals surface area contributed by atoms with Crippen molar-refractivity contribution in [3.63, 3.8) is 0 Å². The van der Waals surface area contributed by atoms with E-state index in [1.54, 1.807) is 6.07 Å². The van der Waals surface area contributed by atoms with Gasteiger partial charge < -0.3 is 14.6 Å². The third kappa shape index (κ3) is 5.11. The Morgan fingerprint density at radius 1 is 1.00 bits per heavy atom. The number of rotatable bonds is 7. The van der Waals surface area contributed by atoms with Crippen LogP contribution in [0.25, 0.3) is 11.0 Å². The van der Waals surface area contributed by atoms with Crippen molar-refractivity contribution in [2.24, 2.45) is 0 Å². The zero-order chi connectivity index (χ0) is 20.1. The van der Waals surface area contributed by atoms with Crippen LogP contribution >= 0.6 is 11.6 Å². The van der Waals surface area contributed by atoms with Gasteiger partial charge in [-0.25, -0.2) is 0 Å². The number of benzene rings is 2.